The van der Waals surface area contributed by atoms with E-state index in [4.69, 9.17) is 0 Å². The third-order valence-electron chi connectivity index (χ3n) is 4.91. The number of aromatic amines is 1. The van der Waals surface area contributed by atoms with E-state index in [1.165, 1.54) is 24.9 Å². The molecule has 0 atom stereocenters. The first-order valence-electron chi connectivity index (χ1n) is 8.47. The standard InChI is InChI=1S/C16H27N5O/c1-12-15(13(2)19-18-12)20-8-10-21(11-9-20)16(22)17-14-6-4-3-5-7-14/h14H,3-11H2,1-2H3,(H,17,22)(H,18,19). The second kappa shape index (κ2) is 6.58. The van der Waals surface area contributed by atoms with Crippen LogP contribution in [0.25, 0.3) is 0 Å². The van der Waals surface area contributed by atoms with Gasteiger partial charge in [0.2, 0.25) is 0 Å². The van der Waals surface area contributed by atoms with E-state index in [2.05, 4.69) is 27.3 Å². The monoisotopic (exact) mass is 305 g/mol. The molecule has 2 fully saturated rings. The van der Waals surface area contributed by atoms with Crippen molar-refractivity contribution in [2.45, 2.75) is 52.0 Å². The molecule has 2 aliphatic rings. The van der Waals surface area contributed by atoms with Crippen LogP contribution in [0.2, 0.25) is 0 Å². The predicted molar refractivity (Wildman–Crippen MR) is 87.3 cm³/mol. The summed E-state index contributed by atoms with van der Waals surface area (Å²) in [6.45, 7) is 7.39. The first kappa shape index (κ1) is 15.2. The molecule has 0 bridgehead atoms. The molecule has 2 N–H and O–H groups in total. The van der Waals surface area contributed by atoms with Crippen molar-refractivity contribution in [3.05, 3.63) is 11.4 Å². The minimum atomic E-state index is 0.118. The Morgan fingerprint density at radius 3 is 2.41 bits per heavy atom. The van der Waals surface area contributed by atoms with Gasteiger partial charge in [0.05, 0.1) is 17.1 Å². The third-order valence-corrected chi connectivity index (χ3v) is 4.91. The normalized spacial score (nSPS) is 20.3. The first-order valence-corrected chi connectivity index (χ1v) is 8.47. The van der Waals surface area contributed by atoms with Crippen LogP contribution in [0.3, 0.4) is 0 Å². The molecule has 2 amide bonds. The van der Waals surface area contributed by atoms with E-state index in [0.717, 1.165) is 50.4 Å². The van der Waals surface area contributed by atoms with Crippen LogP contribution >= 0.6 is 0 Å². The number of carbonyl (C=O) groups excluding carboxylic acids is 1. The van der Waals surface area contributed by atoms with E-state index in [0.29, 0.717) is 6.04 Å². The molecule has 6 nitrogen and oxygen atoms in total. The lowest BCUT2D eigenvalue weighted by Gasteiger charge is -2.37. The molecule has 1 saturated heterocycles. The Kier molecular flexibility index (Phi) is 4.55. The highest BCUT2D eigenvalue weighted by molar-refractivity contribution is 5.75. The highest BCUT2D eigenvalue weighted by Gasteiger charge is 2.25. The Balaban J connectivity index is 1.52. The summed E-state index contributed by atoms with van der Waals surface area (Å²) in [6.07, 6.45) is 6.09. The van der Waals surface area contributed by atoms with Crippen molar-refractivity contribution < 1.29 is 4.79 Å². The van der Waals surface area contributed by atoms with Crippen molar-refractivity contribution in [2.24, 2.45) is 0 Å². The number of hydrogen-bond donors (Lipinski definition) is 2. The van der Waals surface area contributed by atoms with Crippen LogP contribution in [-0.2, 0) is 0 Å². The molecule has 1 aromatic rings. The van der Waals surface area contributed by atoms with E-state index in [1.807, 2.05) is 11.8 Å². The Bertz CT molecular complexity index is 493. The highest BCUT2D eigenvalue weighted by Crippen LogP contribution is 2.23. The maximum absolute atomic E-state index is 12.4. The van der Waals surface area contributed by atoms with Crippen LogP contribution < -0.4 is 10.2 Å². The van der Waals surface area contributed by atoms with E-state index in [9.17, 15) is 4.79 Å². The first-order chi connectivity index (χ1) is 10.6. The zero-order valence-corrected chi connectivity index (χ0v) is 13.7. The van der Waals surface area contributed by atoms with Crippen LogP contribution in [-0.4, -0.2) is 53.3 Å². The number of amides is 2. The average Bonchev–Trinajstić information content (AvgIpc) is 2.87. The smallest absolute Gasteiger partial charge is 0.317 e. The van der Waals surface area contributed by atoms with Gasteiger partial charge in [-0.25, -0.2) is 4.79 Å². The van der Waals surface area contributed by atoms with E-state index in [-0.39, 0.29) is 6.03 Å². The van der Waals surface area contributed by atoms with Crippen LogP contribution in [0.15, 0.2) is 0 Å². The minimum absolute atomic E-state index is 0.118. The zero-order valence-electron chi connectivity index (χ0n) is 13.7. The second-order valence-electron chi connectivity index (χ2n) is 6.54. The molecule has 6 heteroatoms. The van der Waals surface area contributed by atoms with Crippen molar-refractivity contribution in [1.29, 1.82) is 0 Å². The van der Waals surface area contributed by atoms with Gasteiger partial charge in [0.1, 0.15) is 0 Å². The summed E-state index contributed by atoms with van der Waals surface area (Å²) in [5.74, 6) is 0. The lowest BCUT2D eigenvalue weighted by atomic mass is 9.96. The summed E-state index contributed by atoms with van der Waals surface area (Å²) in [5.41, 5.74) is 3.35. The maximum atomic E-state index is 12.4. The number of urea groups is 1. The molecule has 0 radical (unpaired) electrons. The summed E-state index contributed by atoms with van der Waals surface area (Å²) in [7, 11) is 0. The molecule has 1 aliphatic carbocycles. The Labute approximate surface area is 132 Å². The summed E-state index contributed by atoms with van der Waals surface area (Å²) in [4.78, 5) is 16.7. The predicted octanol–water partition coefficient (Wildman–Crippen LogP) is 2.19. The topological polar surface area (TPSA) is 64.3 Å². The highest BCUT2D eigenvalue weighted by atomic mass is 16.2. The fraction of sp³-hybridized carbons (Fsp3) is 0.750. The number of nitrogens with one attached hydrogen (secondary N) is 2. The molecule has 0 aromatic carbocycles. The number of H-pyrrole nitrogens is 1. The number of carbonyl (C=O) groups is 1. The van der Waals surface area contributed by atoms with Gasteiger partial charge in [-0.2, -0.15) is 5.10 Å². The summed E-state index contributed by atoms with van der Waals surface area (Å²) in [5, 5.41) is 10.5. The van der Waals surface area contributed by atoms with Crippen LogP contribution in [0, 0.1) is 13.8 Å². The van der Waals surface area contributed by atoms with Crippen molar-refractivity contribution in [1.82, 2.24) is 20.4 Å². The zero-order chi connectivity index (χ0) is 15.5. The van der Waals surface area contributed by atoms with E-state index >= 15 is 0 Å². The van der Waals surface area contributed by atoms with Gasteiger partial charge in [-0.15, -0.1) is 0 Å². The van der Waals surface area contributed by atoms with Gasteiger partial charge in [-0.05, 0) is 26.7 Å². The van der Waals surface area contributed by atoms with Crippen molar-refractivity contribution in [3.63, 3.8) is 0 Å². The third kappa shape index (κ3) is 3.20. The van der Waals surface area contributed by atoms with Crippen molar-refractivity contribution in [2.75, 3.05) is 31.1 Å². The van der Waals surface area contributed by atoms with Gasteiger partial charge in [-0.1, -0.05) is 19.3 Å². The molecule has 0 spiro atoms. The number of anilines is 1. The van der Waals surface area contributed by atoms with E-state index < -0.39 is 0 Å². The Morgan fingerprint density at radius 1 is 1.14 bits per heavy atom. The maximum Gasteiger partial charge on any atom is 0.317 e. The fourth-order valence-electron chi connectivity index (χ4n) is 3.66. The number of piperazine rings is 1. The number of hydrogen-bond acceptors (Lipinski definition) is 3. The number of rotatable bonds is 2. The molecule has 1 aromatic heterocycles. The van der Waals surface area contributed by atoms with Gasteiger partial charge in [-0.3, -0.25) is 5.10 Å². The van der Waals surface area contributed by atoms with Gasteiger partial charge in [0.25, 0.3) is 0 Å². The van der Waals surface area contributed by atoms with Crippen LogP contribution in [0.4, 0.5) is 10.5 Å². The average molecular weight is 305 g/mol. The second-order valence-corrected chi connectivity index (χ2v) is 6.54. The molecular weight excluding hydrogens is 278 g/mol. The molecule has 122 valence electrons. The summed E-state index contributed by atoms with van der Waals surface area (Å²) < 4.78 is 0. The minimum Gasteiger partial charge on any atom is -0.365 e. The van der Waals surface area contributed by atoms with Crippen LogP contribution in [0.5, 0.6) is 0 Å². The van der Waals surface area contributed by atoms with Gasteiger partial charge >= 0.3 is 6.03 Å². The molecule has 3 rings (SSSR count). The SMILES string of the molecule is Cc1n[nH]c(C)c1N1CCN(C(=O)NC2CCCCC2)CC1. The lowest BCUT2D eigenvalue weighted by molar-refractivity contribution is 0.186. The molecule has 2 heterocycles. The quantitative estimate of drug-likeness (QED) is 0.880. The fourth-order valence-corrected chi connectivity index (χ4v) is 3.66. The van der Waals surface area contributed by atoms with Crippen LogP contribution in [0.1, 0.15) is 43.5 Å². The van der Waals surface area contributed by atoms with Crippen molar-refractivity contribution >= 4 is 11.7 Å². The van der Waals surface area contributed by atoms with Gasteiger partial charge < -0.3 is 15.1 Å². The van der Waals surface area contributed by atoms with Gasteiger partial charge in [0, 0.05) is 32.2 Å². The van der Waals surface area contributed by atoms with E-state index in [1.54, 1.807) is 0 Å². The summed E-state index contributed by atoms with van der Waals surface area (Å²) >= 11 is 0. The Hall–Kier alpha value is -1.72. The number of aromatic nitrogens is 2. The molecule has 22 heavy (non-hydrogen) atoms. The largest absolute Gasteiger partial charge is 0.365 e. The number of nitrogens with zero attached hydrogens (tertiary/aromatic N) is 3. The molecule has 1 saturated carbocycles. The molecule has 0 unspecified atom stereocenters. The summed E-state index contributed by atoms with van der Waals surface area (Å²) in [6, 6.07) is 0.504. The molecule has 1 aliphatic heterocycles. The number of aryl methyl sites for hydroxylation is 2. The lowest BCUT2D eigenvalue weighted by Crippen LogP contribution is -2.53. The molecular formula is C16H27N5O. The van der Waals surface area contributed by atoms with Gasteiger partial charge in [0.15, 0.2) is 0 Å². The Morgan fingerprint density at radius 2 is 1.82 bits per heavy atom. The van der Waals surface area contributed by atoms with Crippen molar-refractivity contribution in [3.8, 4) is 0 Å².